The number of halogens is 4. The Morgan fingerprint density at radius 1 is 1.09 bits per heavy atom. The monoisotopic (exact) mass is 494 g/mol. The van der Waals surface area contributed by atoms with E-state index in [1.807, 2.05) is 31.1 Å². The molecule has 0 spiro atoms. The molecule has 32 heavy (non-hydrogen) atoms. The van der Waals surface area contributed by atoms with E-state index in [1.165, 1.54) is 18.2 Å². The second kappa shape index (κ2) is 11.3. The molecule has 2 atom stereocenters. The summed E-state index contributed by atoms with van der Waals surface area (Å²) in [7, 11) is 0.0558. The number of rotatable bonds is 12. The molecule has 0 fully saturated rings. The summed E-state index contributed by atoms with van der Waals surface area (Å²) in [5.41, 5.74) is -1.21. The first kappa shape index (κ1) is 26.3. The van der Waals surface area contributed by atoms with Gasteiger partial charge in [0, 0.05) is 31.5 Å². The molecule has 2 rings (SSSR count). The van der Waals surface area contributed by atoms with Gasteiger partial charge in [-0.3, -0.25) is 4.57 Å². The van der Waals surface area contributed by atoms with Crippen LogP contribution in [0.1, 0.15) is 25.2 Å². The Kier molecular flexibility index (Phi) is 9.28. The van der Waals surface area contributed by atoms with Crippen LogP contribution < -0.4 is 15.0 Å². The predicted octanol–water partition coefficient (Wildman–Crippen LogP) is 6.64. The normalized spacial score (nSPS) is 14.0. The third-order valence-corrected chi connectivity index (χ3v) is 6.85. The van der Waals surface area contributed by atoms with Gasteiger partial charge in [-0.25, -0.2) is 4.39 Å². The highest BCUT2D eigenvalue weighted by molar-refractivity contribution is 7.54. The highest BCUT2D eigenvalue weighted by atomic mass is 35.5. The Hall–Kier alpha value is -1.93. The van der Waals surface area contributed by atoms with Gasteiger partial charge >= 0.3 is 13.7 Å². The third kappa shape index (κ3) is 6.78. The van der Waals surface area contributed by atoms with Crippen LogP contribution in [0.5, 0.6) is 5.75 Å². The maximum absolute atomic E-state index is 13.6. The Morgan fingerprint density at radius 2 is 1.69 bits per heavy atom. The Labute approximate surface area is 191 Å². The van der Waals surface area contributed by atoms with Gasteiger partial charge in [0.1, 0.15) is 5.75 Å². The lowest BCUT2D eigenvalue weighted by Crippen LogP contribution is -2.32. The number of nitrogens with zero attached hydrogens (tertiary/aromatic N) is 1. The third-order valence-electron chi connectivity index (χ3n) is 4.30. The average Bonchev–Trinajstić information content (AvgIpc) is 2.72. The Morgan fingerprint density at radius 3 is 2.19 bits per heavy atom. The zero-order valence-corrected chi connectivity index (χ0v) is 19.9. The molecule has 11 heteroatoms. The van der Waals surface area contributed by atoms with E-state index in [0.29, 0.717) is 5.56 Å². The molecule has 0 amide bonds. The van der Waals surface area contributed by atoms with Gasteiger partial charge in [-0.2, -0.15) is 8.78 Å². The second-order valence-electron chi connectivity index (χ2n) is 6.90. The van der Waals surface area contributed by atoms with E-state index in [-0.39, 0.29) is 24.7 Å². The minimum absolute atomic E-state index is 0.133. The minimum atomic E-state index is -4.21. The van der Waals surface area contributed by atoms with Crippen LogP contribution in [0.4, 0.5) is 24.5 Å². The zero-order valence-electron chi connectivity index (χ0n) is 18.2. The number of benzene rings is 2. The van der Waals surface area contributed by atoms with Crippen LogP contribution in [0.3, 0.4) is 0 Å². The van der Waals surface area contributed by atoms with Crippen LogP contribution in [0, 0.1) is 0 Å². The molecule has 0 aliphatic carbocycles. The van der Waals surface area contributed by atoms with Crippen molar-refractivity contribution in [2.45, 2.75) is 31.4 Å². The molecule has 2 aromatic carbocycles. The average molecular weight is 495 g/mol. The molecule has 0 aromatic heterocycles. The number of hydrogen-bond donors (Lipinski definition) is 1. The fraction of sp³-hybridized carbons (Fsp3) is 0.429. The highest BCUT2D eigenvalue weighted by Gasteiger charge is 2.42. The fourth-order valence-electron chi connectivity index (χ4n) is 2.85. The van der Waals surface area contributed by atoms with Crippen LogP contribution in [0.15, 0.2) is 48.5 Å². The van der Waals surface area contributed by atoms with Crippen molar-refractivity contribution in [1.82, 2.24) is 0 Å². The van der Waals surface area contributed by atoms with Gasteiger partial charge in [-0.05, 0) is 43.7 Å². The van der Waals surface area contributed by atoms with Crippen molar-refractivity contribution in [3.05, 3.63) is 54.1 Å². The van der Waals surface area contributed by atoms with Crippen LogP contribution in [0.2, 0.25) is 0 Å². The molecule has 0 saturated carbocycles. The highest BCUT2D eigenvalue weighted by Crippen LogP contribution is 2.61. The van der Waals surface area contributed by atoms with Gasteiger partial charge in [0.25, 0.3) is 5.63 Å². The van der Waals surface area contributed by atoms with Gasteiger partial charge in [-0.1, -0.05) is 29.8 Å². The number of hydrogen-bond acceptors (Lipinski definition) is 6. The summed E-state index contributed by atoms with van der Waals surface area (Å²) in [5.74, 6) is -1.27. The lowest BCUT2D eigenvalue weighted by molar-refractivity contribution is -0.199. The van der Waals surface area contributed by atoms with E-state index in [4.69, 9.17) is 20.6 Å². The summed E-state index contributed by atoms with van der Waals surface area (Å²) >= 11 is 4.86. The molecule has 2 unspecified atom stereocenters. The lowest BCUT2D eigenvalue weighted by Gasteiger charge is -2.29. The second-order valence-corrected chi connectivity index (χ2v) is 9.40. The van der Waals surface area contributed by atoms with Gasteiger partial charge in [0.2, 0.25) is 0 Å². The van der Waals surface area contributed by atoms with Crippen molar-refractivity contribution in [2.24, 2.45) is 0 Å². The quantitative estimate of drug-likeness (QED) is 0.264. The Balaban J connectivity index is 2.43. The van der Waals surface area contributed by atoms with Crippen LogP contribution in [-0.4, -0.2) is 39.0 Å². The number of anilines is 2. The van der Waals surface area contributed by atoms with Crippen LogP contribution in [-0.2, 0) is 13.6 Å². The Bertz CT molecular complexity index is 906. The van der Waals surface area contributed by atoms with E-state index in [0.717, 1.165) is 5.69 Å². The van der Waals surface area contributed by atoms with Gasteiger partial charge in [0.05, 0.1) is 13.2 Å². The molecule has 0 saturated heterocycles. The zero-order chi connectivity index (χ0) is 23.9. The van der Waals surface area contributed by atoms with Crippen molar-refractivity contribution < 1.29 is 31.5 Å². The lowest BCUT2D eigenvalue weighted by atomic mass is 10.2. The molecule has 178 valence electrons. The molecule has 0 heterocycles. The van der Waals surface area contributed by atoms with E-state index in [1.54, 1.807) is 32.0 Å². The summed E-state index contributed by atoms with van der Waals surface area (Å²) in [4.78, 5) is 1.91. The molecular weight excluding hydrogens is 468 g/mol. The first-order valence-electron chi connectivity index (χ1n) is 9.90. The smallest absolute Gasteiger partial charge is 0.429 e. The number of ether oxygens (including phenoxy) is 1. The van der Waals surface area contributed by atoms with Crippen molar-refractivity contribution >= 4 is 30.6 Å². The summed E-state index contributed by atoms with van der Waals surface area (Å²) in [6.07, 6.45) is -4.21. The van der Waals surface area contributed by atoms with Crippen LogP contribution >= 0.6 is 19.2 Å². The molecule has 0 bridgehead atoms. The van der Waals surface area contributed by atoms with E-state index in [9.17, 15) is 17.7 Å². The van der Waals surface area contributed by atoms with E-state index < -0.39 is 25.1 Å². The summed E-state index contributed by atoms with van der Waals surface area (Å²) in [6, 6.07) is 12.7. The molecule has 2 aromatic rings. The van der Waals surface area contributed by atoms with E-state index in [2.05, 4.69) is 10.1 Å². The van der Waals surface area contributed by atoms with Crippen LogP contribution in [0.25, 0.3) is 0 Å². The maximum atomic E-state index is 13.6. The minimum Gasteiger partial charge on any atom is -0.429 e. The van der Waals surface area contributed by atoms with Gasteiger partial charge in [-0.15, -0.1) is 0 Å². The largest absolute Gasteiger partial charge is 0.444 e. The first-order chi connectivity index (χ1) is 15.0. The summed E-state index contributed by atoms with van der Waals surface area (Å²) in [5, 5.41) is 3.03. The molecule has 0 aliphatic rings. The van der Waals surface area contributed by atoms with Gasteiger partial charge in [0.15, 0.2) is 5.78 Å². The predicted molar refractivity (Wildman–Crippen MR) is 121 cm³/mol. The summed E-state index contributed by atoms with van der Waals surface area (Å²) in [6.45, 7) is 3.64. The molecule has 1 N–H and O–H groups in total. The van der Waals surface area contributed by atoms with E-state index >= 15 is 0 Å². The summed E-state index contributed by atoms with van der Waals surface area (Å²) < 4.78 is 69.0. The number of alkyl halides is 4. The molecule has 0 aliphatic heterocycles. The fourth-order valence-corrected chi connectivity index (χ4v) is 4.84. The SMILES string of the molecule is CCOP(=O)(OCC)C(Nc1cccc(OC(F)(F)C(F)Cl)c1)c1ccc(N(C)C)cc1. The molecule has 0 radical (unpaired) electrons. The van der Waals surface area contributed by atoms with Crippen molar-refractivity contribution in [2.75, 3.05) is 37.5 Å². The maximum Gasteiger partial charge on any atom is 0.444 e. The molecular formula is C21H27ClF3N2O4P. The first-order valence-corrected chi connectivity index (χ1v) is 11.9. The van der Waals surface area contributed by atoms with Crippen molar-refractivity contribution in [1.29, 1.82) is 0 Å². The topological polar surface area (TPSA) is 60.0 Å². The van der Waals surface area contributed by atoms with Crippen molar-refractivity contribution in [3.8, 4) is 5.75 Å². The van der Waals surface area contributed by atoms with Gasteiger partial charge < -0.3 is 24.0 Å². The number of nitrogens with one attached hydrogen (secondary N) is 1. The van der Waals surface area contributed by atoms with Crippen molar-refractivity contribution in [3.63, 3.8) is 0 Å². The standard InChI is InChI=1S/C21H27ClF3N2O4P/c1-5-29-32(28,30-6-2)19(15-10-12-17(13-11-15)27(3)4)26-16-8-7-9-18(14-16)31-21(24,25)20(22)23/h7-14,19-20,26H,5-6H2,1-4H3. The molecule has 6 nitrogen and oxygen atoms in total.